The Hall–Kier alpha value is -3.40. The van der Waals surface area contributed by atoms with Gasteiger partial charge in [-0.05, 0) is 36.6 Å². The van der Waals surface area contributed by atoms with Crippen LogP contribution >= 0.6 is 11.3 Å². The van der Waals surface area contributed by atoms with E-state index in [1.165, 1.54) is 36.6 Å². The Morgan fingerprint density at radius 1 is 1.28 bits per heavy atom. The number of aliphatic imine (C=N–C) groups is 1. The van der Waals surface area contributed by atoms with Crippen LogP contribution in [0.25, 0.3) is 0 Å². The highest BCUT2D eigenvalue weighted by atomic mass is 32.1. The fourth-order valence-corrected chi connectivity index (χ4v) is 5.82. The van der Waals surface area contributed by atoms with Crippen LogP contribution in [0.2, 0.25) is 0 Å². The molecule has 1 aliphatic heterocycles. The molecule has 9 nitrogen and oxygen atoms in total. The third kappa shape index (κ3) is 6.23. The topological polar surface area (TPSA) is 116 Å². The Bertz CT molecular complexity index is 1120. The van der Waals surface area contributed by atoms with Gasteiger partial charge in [-0.3, -0.25) is 14.6 Å². The number of anilines is 2. The van der Waals surface area contributed by atoms with Gasteiger partial charge in [-0.2, -0.15) is 0 Å². The second kappa shape index (κ2) is 12.0. The maximum atomic E-state index is 13.2. The number of aromatic nitrogens is 1. The van der Waals surface area contributed by atoms with Crippen molar-refractivity contribution in [2.45, 2.75) is 44.7 Å². The largest absolute Gasteiger partial charge is 0.403 e. The first-order valence-electron chi connectivity index (χ1n) is 12.4. The van der Waals surface area contributed by atoms with Gasteiger partial charge in [0, 0.05) is 50.7 Å². The van der Waals surface area contributed by atoms with Crippen LogP contribution in [0.4, 0.5) is 11.5 Å². The molecule has 0 spiro atoms. The van der Waals surface area contributed by atoms with Crippen LogP contribution in [-0.4, -0.2) is 56.2 Å². The molecule has 2 aromatic heterocycles. The van der Waals surface area contributed by atoms with Gasteiger partial charge >= 0.3 is 0 Å². The Kier molecular flexibility index (Phi) is 8.58. The van der Waals surface area contributed by atoms with Gasteiger partial charge in [-0.25, -0.2) is 4.98 Å². The minimum absolute atomic E-state index is 0.229. The van der Waals surface area contributed by atoms with Crippen LogP contribution in [0, 0.1) is 5.92 Å². The van der Waals surface area contributed by atoms with E-state index < -0.39 is 6.04 Å². The van der Waals surface area contributed by atoms with E-state index in [9.17, 15) is 9.59 Å². The fraction of sp³-hybridized carbons (Fsp3) is 0.462. The van der Waals surface area contributed by atoms with Gasteiger partial charge in [0.25, 0.3) is 5.91 Å². The van der Waals surface area contributed by atoms with E-state index in [1.54, 1.807) is 7.05 Å². The van der Waals surface area contributed by atoms with Gasteiger partial charge in [0.2, 0.25) is 5.91 Å². The summed E-state index contributed by atoms with van der Waals surface area (Å²) in [6, 6.07) is 7.23. The van der Waals surface area contributed by atoms with E-state index in [4.69, 9.17) is 5.73 Å². The molecule has 1 atom stereocenters. The average Bonchev–Trinajstić information content (AvgIpc) is 3.57. The first-order valence-corrected chi connectivity index (χ1v) is 13.3. The number of nitrogens with two attached hydrogens (primary N) is 1. The van der Waals surface area contributed by atoms with Crippen molar-refractivity contribution in [2.75, 3.05) is 37.0 Å². The van der Waals surface area contributed by atoms with Crippen molar-refractivity contribution >= 4 is 40.9 Å². The number of rotatable bonds is 9. The highest BCUT2D eigenvalue weighted by Gasteiger charge is 2.28. The zero-order valence-electron chi connectivity index (χ0n) is 20.9. The maximum absolute atomic E-state index is 13.2. The van der Waals surface area contributed by atoms with Gasteiger partial charge in [0.05, 0.1) is 22.8 Å². The summed E-state index contributed by atoms with van der Waals surface area (Å²) in [5.41, 5.74) is 7.12. The van der Waals surface area contributed by atoms with E-state index in [2.05, 4.69) is 43.5 Å². The molecule has 4 rings (SSSR count). The lowest BCUT2D eigenvalue weighted by Gasteiger charge is -2.35. The summed E-state index contributed by atoms with van der Waals surface area (Å²) in [6.07, 6.45) is 9.72. The lowest BCUT2D eigenvalue weighted by atomic mass is 9.97. The van der Waals surface area contributed by atoms with Crippen LogP contribution < -0.4 is 26.2 Å². The molecule has 192 valence electrons. The van der Waals surface area contributed by atoms with Gasteiger partial charge in [-0.1, -0.05) is 25.7 Å². The number of pyridine rings is 1. The molecule has 2 amide bonds. The Morgan fingerprint density at radius 2 is 2.08 bits per heavy atom. The van der Waals surface area contributed by atoms with Crippen LogP contribution in [0.1, 0.15) is 46.7 Å². The van der Waals surface area contributed by atoms with E-state index >= 15 is 0 Å². The molecule has 2 aliphatic rings. The number of nitrogens with zero attached hydrogens (tertiary/aromatic N) is 4. The zero-order valence-corrected chi connectivity index (χ0v) is 21.8. The summed E-state index contributed by atoms with van der Waals surface area (Å²) in [5, 5.41) is 5.78. The number of hydrogen-bond donors (Lipinski definition) is 3. The number of amides is 2. The van der Waals surface area contributed by atoms with Crippen LogP contribution in [-0.2, 0) is 11.3 Å². The van der Waals surface area contributed by atoms with Gasteiger partial charge in [0.15, 0.2) is 5.82 Å². The van der Waals surface area contributed by atoms with E-state index in [0.717, 1.165) is 42.3 Å². The second-order valence-electron chi connectivity index (χ2n) is 9.37. The molecular formula is C26H35N7O2S. The zero-order chi connectivity index (χ0) is 25.5. The molecule has 1 unspecified atom stereocenters. The minimum atomic E-state index is -0.637. The molecule has 4 N–H and O–H groups in total. The smallest absolute Gasteiger partial charge is 0.262 e. The van der Waals surface area contributed by atoms with Crippen molar-refractivity contribution in [3.05, 3.63) is 52.1 Å². The van der Waals surface area contributed by atoms with Crippen molar-refractivity contribution in [1.82, 2.24) is 15.6 Å². The first kappa shape index (κ1) is 25.7. The van der Waals surface area contributed by atoms with E-state index in [0.29, 0.717) is 29.5 Å². The summed E-state index contributed by atoms with van der Waals surface area (Å²) >= 11 is 1.46. The summed E-state index contributed by atoms with van der Waals surface area (Å²) in [7, 11) is 3.66. The highest BCUT2D eigenvalue weighted by Crippen LogP contribution is 2.32. The number of likely N-dealkylation sites (N-methyl/N-ethyl adjacent to an activating group) is 1. The summed E-state index contributed by atoms with van der Waals surface area (Å²) < 4.78 is 0. The predicted octanol–water partition coefficient (Wildman–Crippen LogP) is 2.90. The van der Waals surface area contributed by atoms with Crippen molar-refractivity contribution in [3.8, 4) is 0 Å². The molecule has 36 heavy (non-hydrogen) atoms. The number of fused-ring (bicyclic) bond motifs is 1. The summed E-state index contributed by atoms with van der Waals surface area (Å²) in [4.78, 5) is 40.8. The molecule has 3 heterocycles. The molecule has 0 bridgehead atoms. The first-order chi connectivity index (χ1) is 17.5. The quantitative estimate of drug-likeness (QED) is 0.448. The van der Waals surface area contributed by atoms with Crippen LogP contribution in [0.5, 0.6) is 0 Å². The molecule has 0 aromatic carbocycles. The molecular weight excluding hydrogens is 474 g/mol. The average molecular weight is 510 g/mol. The standard InChI is InChI=1S/C26H35N7O2S/c1-28-16-19(15-27)30-25(34)21(14-18-6-3-4-7-18)31-26(35)23-10-9-20(36-23)17-33-13-12-32(2)24-22(33)8-5-11-29-24/h5,8-11,15-16,18,21H,3-4,6-7,12-14,17,27H2,1-2H3,(H,30,34)(H,31,35)/b19-15+,28-16?. The molecule has 1 aliphatic carbocycles. The van der Waals surface area contributed by atoms with Gasteiger partial charge in [-0.15, -0.1) is 11.3 Å². The van der Waals surface area contributed by atoms with Gasteiger partial charge < -0.3 is 26.2 Å². The number of allylic oxidation sites excluding steroid dienone is 1. The minimum Gasteiger partial charge on any atom is -0.403 e. The third-order valence-corrected chi connectivity index (χ3v) is 7.86. The molecule has 1 saturated carbocycles. The van der Waals surface area contributed by atoms with Crippen molar-refractivity contribution in [2.24, 2.45) is 16.6 Å². The molecule has 0 radical (unpaired) electrons. The summed E-state index contributed by atoms with van der Waals surface area (Å²) in [5.74, 6) is 0.895. The number of carbonyl (C=O) groups excluding carboxylic acids is 2. The second-order valence-corrected chi connectivity index (χ2v) is 10.5. The lowest BCUT2D eigenvalue weighted by Crippen LogP contribution is -2.47. The molecule has 0 saturated heterocycles. The maximum Gasteiger partial charge on any atom is 0.262 e. The number of nitrogens with one attached hydrogen (secondary N) is 2. The fourth-order valence-electron chi connectivity index (χ4n) is 4.89. The van der Waals surface area contributed by atoms with Crippen molar-refractivity contribution in [1.29, 1.82) is 0 Å². The van der Waals surface area contributed by atoms with Crippen LogP contribution in [0.15, 0.2) is 47.4 Å². The van der Waals surface area contributed by atoms with E-state index in [1.807, 2.05) is 24.4 Å². The number of hydrogen-bond acceptors (Lipinski definition) is 8. The normalized spacial score (nSPS) is 17.3. The molecule has 1 fully saturated rings. The number of carbonyl (C=O) groups is 2. The summed E-state index contributed by atoms with van der Waals surface area (Å²) in [6.45, 7) is 2.48. The molecule has 2 aromatic rings. The SMILES string of the molecule is CN=C/C(=C\N)NC(=O)C(CC1CCCC1)NC(=O)c1ccc(CN2CCN(C)c3ncccc32)s1. The Labute approximate surface area is 216 Å². The van der Waals surface area contributed by atoms with Crippen molar-refractivity contribution < 1.29 is 9.59 Å². The van der Waals surface area contributed by atoms with E-state index in [-0.39, 0.29) is 11.8 Å². The van der Waals surface area contributed by atoms with Crippen LogP contribution in [0.3, 0.4) is 0 Å². The number of thiophene rings is 1. The molecule has 10 heteroatoms. The van der Waals surface area contributed by atoms with Gasteiger partial charge in [0.1, 0.15) is 6.04 Å². The Balaban J connectivity index is 1.43. The highest BCUT2D eigenvalue weighted by molar-refractivity contribution is 7.14. The van der Waals surface area contributed by atoms with Crippen molar-refractivity contribution in [3.63, 3.8) is 0 Å². The Morgan fingerprint density at radius 3 is 2.83 bits per heavy atom. The lowest BCUT2D eigenvalue weighted by molar-refractivity contribution is -0.122. The predicted molar refractivity (Wildman–Crippen MR) is 146 cm³/mol. The third-order valence-electron chi connectivity index (χ3n) is 6.79. The monoisotopic (exact) mass is 509 g/mol.